The highest BCUT2D eigenvalue weighted by atomic mass is 32.1. The van der Waals surface area contributed by atoms with Gasteiger partial charge in [0.1, 0.15) is 5.69 Å². The first-order chi connectivity index (χ1) is 7.68. The predicted octanol–water partition coefficient (Wildman–Crippen LogP) is 2.68. The molecule has 0 aliphatic heterocycles. The zero-order chi connectivity index (χ0) is 11.5. The molecule has 1 heterocycles. The van der Waals surface area contributed by atoms with E-state index in [0.717, 1.165) is 0 Å². The highest BCUT2D eigenvalue weighted by molar-refractivity contribution is 7.13. The van der Waals surface area contributed by atoms with Crippen molar-refractivity contribution in [1.29, 1.82) is 0 Å². The molecule has 3 N–H and O–H groups in total. The molecule has 0 saturated carbocycles. The summed E-state index contributed by atoms with van der Waals surface area (Å²) in [5.41, 5.74) is 0.0606. The first-order valence-electron chi connectivity index (χ1n) is 4.23. The van der Waals surface area contributed by atoms with E-state index in [-0.39, 0.29) is 5.69 Å². The van der Waals surface area contributed by atoms with E-state index >= 15 is 0 Å². The maximum atomic E-state index is 9.43. The van der Waals surface area contributed by atoms with E-state index < -0.39 is 17.2 Å². The smallest absolute Gasteiger partial charge is 0.229 e. The third-order valence-electron chi connectivity index (χ3n) is 1.77. The molecule has 0 aliphatic rings. The van der Waals surface area contributed by atoms with Crippen LogP contribution in [-0.2, 0) is 0 Å². The summed E-state index contributed by atoms with van der Waals surface area (Å²) in [6.45, 7) is 0. The first kappa shape index (κ1) is 10.4. The summed E-state index contributed by atoms with van der Waals surface area (Å²) >= 11 is 1.29. The summed E-state index contributed by atoms with van der Waals surface area (Å²) in [7, 11) is 0. The van der Waals surface area contributed by atoms with Crippen LogP contribution in [0, 0.1) is 0 Å². The lowest BCUT2D eigenvalue weighted by Gasteiger charge is -2.01. The van der Waals surface area contributed by atoms with Gasteiger partial charge in [0.15, 0.2) is 11.5 Å². The number of nitrogens with zero attached hydrogens (tertiary/aromatic N) is 3. The minimum Gasteiger partial charge on any atom is -0.504 e. The van der Waals surface area contributed by atoms with Crippen molar-refractivity contribution in [2.75, 3.05) is 0 Å². The average molecular weight is 237 g/mol. The van der Waals surface area contributed by atoms with Crippen LogP contribution in [0.3, 0.4) is 0 Å². The van der Waals surface area contributed by atoms with Crippen LogP contribution in [0.1, 0.15) is 0 Å². The lowest BCUT2D eigenvalue weighted by molar-refractivity contribution is 0.368. The Kier molecular flexibility index (Phi) is 2.69. The van der Waals surface area contributed by atoms with Crippen LogP contribution in [0.25, 0.3) is 0 Å². The van der Waals surface area contributed by atoms with Gasteiger partial charge in [-0.1, -0.05) is 0 Å². The Bertz CT molecular complexity index is 525. The predicted molar refractivity (Wildman–Crippen MR) is 57.7 cm³/mol. The number of phenolic OH excluding ortho intramolecular Hbond substituents is 3. The van der Waals surface area contributed by atoms with Crippen LogP contribution >= 0.6 is 11.3 Å². The second-order valence-electron chi connectivity index (χ2n) is 2.82. The molecular formula is C9H7N3O3S. The fourth-order valence-electron chi connectivity index (χ4n) is 1.00. The molecule has 1 aromatic carbocycles. The van der Waals surface area contributed by atoms with E-state index in [1.165, 1.54) is 23.5 Å². The van der Waals surface area contributed by atoms with Crippen LogP contribution in [0.2, 0.25) is 0 Å². The molecule has 0 fully saturated rings. The second kappa shape index (κ2) is 4.15. The molecule has 0 radical (unpaired) electrons. The Labute approximate surface area is 94.2 Å². The van der Waals surface area contributed by atoms with Gasteiger partial charge in [-0.15, -0.1) is 21.6 Å². The molecule has 7 heteroatoms. The minimum atomic E-state index is -0.615. The van der Waals surface area contributed by atoms with Crippen LogP contribution in [0.15, 0.2) is 33.9 Å². The van der Waals surface area contributed by atoms with Gasteiger partial charge in [-0.05, 0) is 12.1 Å². The summed E-state index contributed by atoms with van der Waals surface area (Å²) < 4.78 is 0. The number of phenols is 3. The van der Waals surface area contributed by atoms with Crippen molar-refractivity contribution in [3.8, 4) is 17.2 Å². The van der Waals surface area contributed by atoms with Gasteiger partial charge in [-0.2, -0.15) is 0 Å². The Morgan fingerprint density at radius 2 is 1.88 bits per heavy atom. The maximum absolute atomic E-state index is 9.43. The fourth-order valence-corrected chi connectivity index (χ4v) is 1.45. The molecule has 0 saturated heterocycles. The topological polar surface area (TPSA) is 98.3 Å². The zero-order valence-electron chi connectivity index (χ0n) is 7.90. The van der Waals surface area contributed by atoms with Gasteiger partial charge < -0.3 is 15.3 Å². The van der Waals surface area contributed by atoms with Crippen molar-refractivity contribution in [3.05, 3.63) is 23.7 Å². The number of hydrogen-bond donors (Lipinski definition) is 3. The molecule has 6 nitrogen and oxygen atoms in total. The van der Waals surface area contributed by atoms with Crippen molar-refractivity contribution < 1.29 is 15.3 Å². The van der Waals surface area contributed by atoms with E-state index in [1.54, 1.807) is 11.6 Å². The number of aromatic nitrogens is 1. The molecule has 2 aromatic rings. The van der Waals surface area contributed by atoms with Crippen LogP contribution in [0.4, 0.5) is 10.8 Å². The van der Waals surface area contributed by atoms with E-state index in [9.17, 15) is 10.2 Å². The number of aromatic hydroxyl groups is 3. The molecule has 16 heavy (non-hydrogen) atoms. The molecule has 1 aromatic heterocycles. The summed E-state index contributed by atoms with van der Waals surface area (Å²) in [4.78, 5) is 3.87. The molecular weight excluding hydrogens is 230 g/mol. The Morgan fingerprint density at radius 3 is 2.56 bits per heavy atom. The Morgan fingerprint density at radius 1 is 1.06 bits per heavy atom. The SMILES string of the molecule is Oc1ccc(N=Nc2nccs2)c(O)c1O. The lowest BCUT2D eigenvalue weighted by Crippen LogP contribution is -1.72. The third kappa shape index (κ3) is 1.94. The largest absolute Gasteiger partial charge is 0.504 e. The van der Waals surface area contributed by atoms with Gasteiger partial charge in [0.05, 0.1) is 0 Å². The van der Waals surface area contributed by atoms with Gasteiger partial charge >= 0.3 is 0 Å². The van der Waals surface area contributed by atoms with Gasteiger partial charge in [0.25, 0.3) is 0 Å². The standard InChI is InChI=1S/C9H7N3O3S/c13-6-2-1-5(7(14)8(6)15)11-12-9-10-3-4-16-9/h1-4,13-15H. The van der Waals surface area contributed by atoms with Crippen molar-refractivity contribution in [2.24, 2.45) is 10.2 Å². The van der Waals surface area contributed by atoms with Crippen molar-refractivity contribution in [2.45, 2.75) is 0 Å². The van der Waals surface area contributed by atoms with Gasteiger partial charge in [-0.3, -0.25) is 0 Å². The summed E-state index contributed by atoms with van der Waals surface area (Å²) in [6.07, 6.45) is 1.58. The van der Waals surface area contributed by atoms with Crippen molar-refractivity contribution in [3.63, 3.8) is 0 Å². The van der Waals surface area contributed by atoms with E-state index in [1.807, 2.05) is 0 Å². The summed E-state index contributed by atoms with van der Waals surface area (Å²) in [5, 5.41) is 37.4. The number of benzene rings is 1. The van der Waals surface area contributed by atoms with Gasteiger partial charge in [0.2, 0.25) is 10.9 Å². The second-order valence-corrected chi connectivity index (χ2v) is 3.69. The van der Waals surface area contributed by atoms with Crippen molar-refractivity contribution >= 4 is 22.2 Å². The van der Waals surface area contributed by atoms with E-state index in [4.69, 9.17) is 5.11 Å². The van der Waals surface area contributed by atoms with Crippen LogP contribution in [-0.4, -0.2) is 20.3 Å². The van der Waals surface area contributed by atoms with E-state index in [2.05, 4.69) is 15.2 Å². The normalized spacial score (nSPS) is 11.0. The highest BCUT2D eigenvalue weighted by Gasteiger charge is 2.10. The van der Waals surface area contributed by atoms with Crippen LogP contribution in [0.5, 0.6) is 17.2 Å². The number of hydrogen-bond acceptors (Lipinski definition) is 7. The lowest BCUT2D eigenvalue weighted by atomic mass is 10.2. The Hall–Kier alpha value is -2.15. The van der Waals surface area contributed by atoms with Crippen LogP contribution < -0.4 is 0 Å². The quantitative estimate of drug-likeness (QED) is 0.552. The summed E-state index contributed by atoms with van der Waals surface area (Å²) in [6, 6.07) is 2.55. The number of rotatable bonds is 2. The van der Waals surface area contributed by atoms with Gasteiger partial charge in [0, 0.05) is 11.6 Å². The molecule has 0 aliphatic carbocycles. The first-order valence-corrected chi connectivity index (χ1v) is 5.11. The highest BCUT2D eigenvalue weighted by Crippen LogP contribution is 2.42. The number of azo groups is 1. The fraction of sp³-hybridized carbons (Fsp3) is 0. The monoisotopic (exact) mass is 237 g/mol. The molecule has 2 rings (SSSR count). The molecule has 0 unspecified atom stereocenters. The summed E-state index contributed by atoms with van der Waals surface area (Å²) in [5.74, 6) is -1.54. The maximum Gasteiger partial charge on any atom is 0.229 e. The molecule has 0 atom stereocenters. The van der Waals surface area contributed by atoms with Gasteiger partial charge in [-0.25, -0.2) is 4.98 Å². The zero-order valence-corrected chi connectivity index (χ0v) is 8.72. The average Bonchev–Trinajstić information content (AvgIpc) is 2.78. The third-order valence-corrected chi connectivity index (χ3v) is 2.43. The van der Waals surface area contributed by atoms with E-state index in [0.29, 0.717) is 5.13 Å². The Balaban J connectivity index is 2.32. The molecule has 0 bridgehead atoms. The number of thiazole rings is 1. The molecule has 0 amide bonds. The van der Waals surface area contributed by atoms with Crippen molar-refractivity contribution in [1.82, 2.24) is 4.98 Å². The minimum absolute atomic E-state index is 0.0606. The molecule has 82 valence electrons. The molecule has 0 spiro atoms.